The molecule has 0 aliphatic rings. The lowest BCUT2D eigenvalue weighted by Crippen LogP contribution is -2.49. The number of amides is 1. The molecule has 18 heavy (non-hydrogen) atoms. The second kappa shape index (κ2) is 8.08. The monoisotopic (exact) mass is 259 g/mol. The minimum absolute atomic E-state index is 0.0346. The summed E-state index contributed by atoms with van der Waals surface area (Å²) in [5.74, 6) is -0.813. The Morgan fingerprint density at radius 2 is 1.83 bits per heavy atom. The van der Waals surface area contributed by atoms with E-state index in [0.717, 1.165) is 6.42 Å². The van der Waals surface area contributed by atoms with Crippen LogP contribution in [-0.4, -0.2) is 36.2 Å². The molecule has 0 unspecified atom stereocenters. The lowest BCUT2D eigenvalue weighted by atomic mass is 9.98. The molecule has 5 heteroatoms. The van der Waals surface area contributed by atoms with Gasteiger partial charge in [0.2, 0.25) is 5.91 Å². The van der Waals surface area contributed by atoms with E-state index in [1.54, 1.807) is 0 Å². The van der Waals surface area contributed by atoms with Crippen molar-refractivity contribution in [3.8, 4) is 0 Å². The number of esters is 1. The normalized spacial score (nSPS) is 15.9. The van der Waals surface area contributed by atoms with Crippen molar-refractivity contribution in [1.29, 1.82) is 0 Å². The predicted molar refractivity (Wildman–Crippen MR) is 68.9 cm³/mol. The molecular formula is C13H25NO4. The Labute approximate surface area is 109 Å². The van der Waals surface area contributed by atoms with Crippen LogP contribution in [0.4, 0.5) is 0 Å². The van der Waals surface area contributed by atoms with Crippen LogP contribution in [0.15, 0.2) is 0 Å². The van der Waals surface area contributed by atoms with Gasteiger partial charge in [-0.1, -0.05) is 34.1 Å². The molecule has 0 rings (SSSR count). The van der Waals surface area contributed by atoms with E-state index >= 15 is 0 Å². The zero-order valence-electron chi connectivity index (χ0n) is 11.9. The number of carbonyl (C=O) groups is 2. The second-order valence-corrected chi connectivity index (χ2v) is 5.04. The average Bonchev–Trinajstić information content (AvgIpc) is 2.32. The molecule has 106 valence electrons. The van der Waals surface area contributed by atoms with Crippen LogP contribution in [0.25, 0.3) is 0 Å². The van der Waals surface area contributed by atoms with Gasteiger partial charge in [0, 0.05) is 0 Å². The van der Waals surface area contributed by atoms with E-state index < -0.39 is 24.0 Å². The van der Waals surface area contributed by atoms with E-state index in [0.29, 0.717) is 6.42 Å². The van der Waals surface area contributed by atoms with Crippen molar-refractivity contribution in [1.82, 2.24) is 5.32 Å². The van der Waals surface area contributed by atoms with E-state index in [4.69, 9.17) is 0 Å². The van der Waals surface area contributed by atoms with E-state index in [-0.39, 0.29) is 11.8 Å². The Bertz CT molecular complexity index is 278. The maximum absolute atomic E-state index is 11.8. The van der Waals surface area contributed by atoms with Gasteiger partial charge in [-0.25, -0.2) is 4.79 Å². The summed E-state index contributed by atoms with van der Waals surface area (Å²) < 4.78 is 4.66. The number of carbonyl (C=O) groups excluding carboxylic acids is 2. The van der Waals surface area contributed by atoms with Crippen molar-refractivity contribution in [3.63, 3.8) is 0 Å². The van der Waals surface area contributed by atoms with Gasteiger partial charge in [0.05, 0.1) is 7.11 Å². The largest absolute Gasteiger partial charge is 0.467 e. The van der Waals surface area contributed by atoms with Gasteiger partial charge in [-0.3, -0.25) is 4.79 Å². The number of aliphatic hydroxyl groups is 1. The molecular weight excluding hydrogens is 234 g/mol. The number of methoxy groups -OCH3 is 1. The molecule has 5 nitrogen and oxygen atoms in total. The molecule has 0 radical (unpaired) electrons. The number of hydrogen-bond donors (Lipinski definition) is 2. The second-order valence-electron chi connectivity index (χ2n) is 5.04. The summed E-state index contributed by atoms with van der Waals surface area (Å²) >= 11 is 0. The Morgan fingerprint density at radius 1 is 1.28 bits per heavy atom. The van der Waals surface area contributed by atoms with Gasteiger partial charge >= 0.3 is 5.97 Å². The van der Waals surface area contributed by atoms with Crippen LogP contribution in [0, 0.1) is 11.8 Å². The minimum atomic E-state index is -1.08. The van der Waals surface area contributed by atoms with Crippen molar-refractivity contribution < 1.29 is 19.4 Å². The lowest BCUT2D eigenvalue weighted by Gasteiger charge is -2.23. The fourth-order valence-electron chi connectivity index (χ4n) is 1.60. The summed E-state index contributed by atoms with van der Waals surface area (Å²) in [5.41, 5.74) is 0. The number of rotatable bonds is 7. The quantitative estimate of drug-likeness (QED) is 0.671. The molecule has 3 atom stereocenters. The first-order valence-electron chi connectivity index (χ1n) is 6.39. The van der Waals surface area contributed by atoms with Crippen molar-refractivity contribution >= 4 is 11.9 Å². The van der Waals surface area contributed by atoms with E-state index in [9.17, 15) is 14.7 Å². The molecule has 0 aromatic heterocycles. The smallest absolute Gasteiger partial charge is 0.328 e. The van der Waals surface area contributed by atoms with Crippen molar-refractivity contribution in [2.45, 2.75) is 52.7 Å². The van der Waals surface area contributed by atoms with E-state index in [1.807, 2.05) is 27.7 Å². The highest BCUT2D eigenvalue weighted by molar-refractivity contribution is 5.86. The predicted octanol–water partition coefficient (Wildman–Crippen LogP) is 1.10. The fraction of sp³-hybridized carbons (Fsp3) is 0.846. The first-order valence-corrected chi connectivity index (χ1v) is 6.39. The van der Waals surface area contributed by atoms with Gasteiger partial charge in [0.15, 0.2) is 0 Å². The summed E-state index contributed by atoms with van der Waals surface area (Å²) in [5, 5.41) is 12.2. The highest BCUT2D eigenvalue weighted by Gasteiger charge is 2.29. The number of aliphatic hydroxyl groups excluding tert-OH is 1. The minimum Gasteiger partial charge on any atom is -0.467 e. The summed E-state index contributed by atoms with van der Waals surface area (Å²) in [6.07, 6.45) is 0.0295. The van der Waals surface area contributed by atoms with Gasteiger partial charge in [-0.2, -0.15) is 0 Å². The molecule has 0 bridgehead atoms. The topological polar surface area (TPSA) is 75.6 Å². The molecule has 0 fully saturated rings. The van der Waals surface area contributed by atoms with E-state index in [1.165, 1.54) is 7.11 Å². The van der Waals surface area contributed by atoms with Gasteiger partial charge in [0.25, 0.3) is 0 Å². The van der Waals surface area contributed by atoms with Gasteiger partial charge in [-0.05, 0) is 18.3 Å². The molecule has 0 saturated carbocycles. The summed E-state index contributed by atoms with van der Waals surface area (Å²) in [6, 6.07) is -0.700. The number of hydrogen-bond acceptors (Lipinski definition) is 4. The van der Waals surface area contributed by atoms with Crippen LogP contribution in [-0.2, 0) is 14.3 Å². The Balaban J connectivity index is 4.58. The summed E-state index contributed by atoms with van der Waals surface area (Å²) in [6.45, 7) is 7.62. The molecule has 0 aromatic carbocycles. The van der Waals surface area contributed by atoms with Crippen molar-refractivity contribution in [2.75, 3.05) is 7.11 Å². The summed E-state index contributed by atoms with van der Waals surface area (Å²) in [7, 11) is 1.29. The van der Waals surface area contributed by atoms with Crippen LogP contribution in [0.5, 0.6) is 0 Å². The van der Waals surface area contributed by atoms with Crippen LogP contribution < -0.4 is 5.32 Å². The average molecular weight is 259 g/mol. The molecule has 2 N–H and O–H groups in total. The van der Waals surface area contributed by atoms with Crippen LogP contribution >= 0.6 is 0 Å². The highest BCUT2D eigenvalue weighted by atomic mass is 16.5. The first-order chi connectivity index (χ1) is 8.33. The fourth-order valence-corrected chi connectivity index (χ4v) is 1.60. The molecule has 0 aliphatic heterocycles. The molecule has 0 spiro atoms. The maximum Gasteiger partial charge on any atom is 0.328 e. The van der Waals surface area contributed by atoms with Crippen LogP contribution in [0.3, 0.4) is 0 Å². The number of ether oxygens (including phenoxy) is 1. The van der Waals surface area contributed by atoms with Crippen molar-refractivity contribution in [2.24, 2.45) is 11.8 Å². The number of nitrogens with one attached hydrogen (secondary N) is 1. The summed E-state index contributed by atoms with van der Waals surface area (Å²) in [4.78, 5) is 23.3. The van der Waals surface area contributed by atoms with Gasteiger partial charge in [-0.15, -0.1) is 0 Å². The Hall–Kier alpha value is -1.10. The zero-order valence-corrected chi connectivity index (χ0v) is 11.9. The third kappa shape index (κ3) is 5.49. The zero-order chi connectivity index (χ0) is 14.3. The standard InChI is InChI=1S/C13H25NO4/c1-6-9(4)11(13(17)18-5)14-12(16)10(15)7-8(2)3/h8-11,15H,6-7H2,1-5H3,(H,14,16)/t9-,10-,11-/m0/s1. The third-order valence-corrected chi connectivity index (χ3v) is 2.96. The van der Waals surface area contributed by atoms with E-state index in [2.05, 4.69) is 10.1 Å². The van der Waals surface area contributed by atoms with Gasteiger partial charge in [0.1, 0.15) is 12.1 Å². The first kappa shape index (κ1) is 16.9. The van der Waals surface area contributed by atoms with Crippen LogP contribution in [0.2, 0.25) is 0 Å². The SMILES string of the molecule is CC[C@H](C)[C@H](NC(=O)[C@@H](O)CC(C)C)C(=O)OC. The van der Waals surface area contributed by atoms with Gasteiger partial charge < -0.3 is 15.2 Å². The molecule has 0 aromatic rings. The molecule has 0 aliphatic carbocycles. The molecule has 0 heterocycles. The highest BCUT2D eigenvalue weighted by Crippen LogP contribution is 2.11. The van der Waals surface area contributed by atoms with Crippen LogP contribution in [0.1, 0.15) is 40.5 Å². The van der Waals surface area contributed by atoms with Crippen molar-refractivity contribution in [3.05, 3.63) is 0 Å². The Morgan fingerprint density at radius 3 is 2.22 bits per heavy atom. The maximum atomic E-state index is 11.8. The molecule has 0 saturated heterocycles. The lowest BCUT2D eigenvalue weighted by molar-refractivity contribution is -0.148. The Kier molecular flexibility index (Phi) is 7.59. The molecule has 1 amide bonds. The third-order valence-electron chi connectivity index (χ3n) is 2.96.